The van der Waals surface area contributed by atoms with E-state index in [0.717, 1.165) is 47.7 Å². The monoisotopic (exact) mass is 370 g/mol. The van der Waals surface area contributed by atoms with Crippen LogP contribution in [0.3, 0.4) is 0 Å². The maximum absolute atomic E-state index is 12.5. The summed E-state index contributed by atoms with van der Waals surface area (Å²) in [6.07, 6.45) is 3.26. The second-order valence-corrected chi connectivity index (χ2v) is 8.05. The molecule has 1 fully saturated rings. The number of anilines is 2. The molecule has 26 heavy (non-hydrogen) atoms. The smallest absolute Gasteiger partial charge is 0.228 e. The number of rotatable bonds is 3. The number of carbonyl (C=O) groups is 1. The third kappa shape index (κ3) is 3.05. The first kappa shape index (κ1) is 17.0. The van der Waals surface area contributed by atoms with Crippen LogP contribution in [0.1, 0.15) is 29.0 Å². The molecule has 7 nitrogen and oxygen atoms in total. The Morgan fingerprint density at radius 2 is 2.04 bits per heavy atom. The fourth-order valence-corrected chi connectivity index (χ4v) is 4.46. The number of amides is 1. The van der Waals surface area contributed by atoms with Crippen molar-refractivity contribution in [1.29, 1.82) is 0 Å². The quantitative estimate of drug-likeness (QED) is 0.739. The lowest BCUT2D eigenvalue weighted by atomic mass is 9.95. The van der Waals surface area contributed by atoms with Gasteiger partial charge in [0.25, 0.3) is 0 Å². The molecule has 0 spiro atoms. The molecule has 0 atom stereocenters. The fourth-order valence-electron chi connectivity index (χ4n) is 3.47. The molecular formula is C18H22N6OS. The van der Waals surface area contributed by atoms with Crippen molar-refractivity contribution < 1.29 is 4.79 Å². The largest absolute Gasteiger partial charge is 0.356 e. The minimum atomic E-state index is 0.00546. The minimum Gasteiger partial charge on any atom is -0.356 e. The zero-order valence-corrected chi connectivity index (χ0v) is 16.0. The number of aryl methyl sites for hydroxylation is 3. The van der Waals surface area contributed by atoms with E-state index in [9.17, 15) is 4.79 Å². The van der Waals surface area contributed by atoms with Gasteiger partial charge >= 0.3 is 0 Å². The first-order chi connectivity index (χ1) is 12.5. The van der Waals surface area contributed by atoms with Gasteiger partial charge in [-0.05, 0) is 39.2 Å². The number of thiophene rings is 1. The number of carbonyl (C=O) groups excluding carboxylic acids is 1. The van der Waals surface area contributed by atoms with Gasteiger partial charge in [0.1, 0.15) is 17.0 Å². The highest BCUT2D eigenvalue weighted by molar-refractivity contribution is 7.18. The second-order valence-electron chi connectivity index (χ2n) is 6.85. The van der Waals surface area contributed by atoms with E-state index >= 15 is 0 Å². The summed E-state index contributed by atoms with van der Waals surface area (Å²) in [5.74, 6) is 1.65. The zero-order chi connectivity index (χ0) is 18.3. The van der Waals surface area contributed by atoms with E-state index in [1.807, 2.05) is 13.0 Å². The van der Waals surface area contributed by atoms with Crippen molar-refractivity contribution in [3.05, 3.63) is 28.5 Å². The van der Waals surface area contributed by atoms with Crippen LogP contribution in [0, 0.1) is 26.7 Å². The maximum Gasteiger partial charge on any atom is 0.228 e. The molecule has 8 heteroatoms. The molecule has 136 valence electrons. The summed E-state index contributed by atoms with van der Waals surface area (Å²) < 4.78 is 0. The molecule has 3 aromatic rings. The van der Waals surface area contributed by atoms with Crippen LogP contribution in [0.15, 0.2) is 12.4 Å². The van der Waals surface area contributed by atoms with Gasteiger partial charge in [0, 0.05) is 35.6 Å². The number of piperidine rings is 1. The Morgan fingerprint density at radius 1 is 1.27 bits per heavy atom. The molecule has 0 aromatic carbocycles. The molecular weight excluding hydrogens is 348 g/mol. The summed E-state index contributed by atoms with van der Waals surface area (Å²) in [4.78, 5) is 26.1. The molecule has 3 aromatic heterocycles. The lowest BCUT2D eigenvalue weighted by molar-refractivity contribution is -0.120. The van der Waals surface area contributed by atoms with E-state index in [4.69, 9.17) is 0 Å². The average molecular weight is 370 g/mol. The van der Waals surface area contributed by atoms with Gasteiger partial charge in [-0.3, -0.25) is 9.89 Å². The summed E-state index contributed by atoms with van der Waals surface area (Å²) in [7, 11) is 0. The number of H-pyrrole nitrogens is 1. The van der Waals surface area contributed by atoms with Crippen LogP contribution in [-0.4, -0.2) is 39.2 Å². The number of nitrogens with one attached hydrogen (secondary N) is 2. The van der Waals surface area contributed by atoms with Crippen molar-refractivity contribution in [2.24, 2.45) is 5.92 Å². The predicted molar refractivity (Wildman–Crippen MR) is 104 cm³/mol. The molecule has 4 heterocycles. The number of fused-ring (bicyclic) bond motifs is 1. The average Bonchev–Trinajstić information content (AvgIpc) is 3.18. The van der Waals surface area contributed by atoms with Crippen molar-refractivity contribution in [3.63, 3.8) is 0 Å². The van der Waals surface area contributed by atoms with Crippen LogP contribution in [0.5, 0.6) is 0 Å². The number of hydrogen-bond acceptors (Lipinski definition) is 6. The van der Waals surface area contributed by atoms with E-state index in [0.29, 0.717) is 5.82 Å². The van der Waals surface area contributed by atoms with Crippen LogP contribution >= 0.6 is 11.3 Å². The minimum absolute atomic E-state index is 0.00546. The number of hydrogen-bond donors (Lipinski definition) is 2. The molecule has 4 rings (SSSR count). The lowest BCUT2D eigenvalue weighted by Gasteiger charge is -2.32. The zero-order valence-electron chi connectivity index (χ0n) is 15.2. The lowest BCUT2D eigenvalue weighted by Crippen LogP contribution is -2.38. The SMILES string of the molecule is Cc1cc(NC(=O)C2CCN(c3ncnc4sc(C)c(C)c34)CC2)n[nH]1. The van der Waals surface area contributed by atoms with Crippen LogP contribution < -0.4 is 10.2 Å². The topological polar surface area (TPSA) is 86.8 Å². The van der Waals surface area contributed by atoms with Crippen LogP contribution in [-0.2, 0) is 4.79 Å². The van der Waals surface area contributed by atoms with Crippen LogP contribution in [0.2, 0.25) is 0 Å². The van der Waals surface area contributed by atoms with Gasteiger partial charge in [0.05, 0.1) is 5.39 Å². The Kier molecular flexibility index (Phi) is 4.36. The second kappa shape index (κ2) is 6.68. The van der Waals surface area contributed by atoms with E-state index < -0.39 is 0 Å². The van der Waals surface area contributed by atoms with Gasteiger partial charge < -0.3 is 10.2 Å². The Morgan fingerprint density at radius 3 is 2.73 bits per heavy atom. The Balaban J connectivity index is 1.46. The summed E-state index contributed by atoms with van der Waals surface area (Å²) in [5, 5.41) is 11.0. The molecule has 1 aliphatic rings. The molecule has 1 saturated heterocycles. The summed E-state index contributed by atoms with van der Waals surface area (Å²) >= 11 is 1.71. The van der Waals surface area contributed by atoms with Crippen molar-refractivity contribution >= 4 is 39.1 Å². The van der Waals surface area contributed by atoms with Gasteiger partial charge in [0.15, 0.2) is 5.82 Å². The molecule has 2 N–H and O–H groups in total. The Labute approximate surface area is 155 Å². The van der Waals surface area contributed by atoms with Gasteiger partial charge in [-0.1, -0.05) is 0 Å². The Bertz CT molecular complexity index is 954. The van der Waals surface area contributed by atoms with Gasteiger partial charge in [-0.15, -0.1) is 11.3 Å². The summed E-state index contributed by atoms with van der Waals surface area (Å²) in [6.45, 7) is 7.81. The molecule has 0 saturated carbocycles. The van der Waals surface area contributed by atoms with Crippen molar-refractivity contribution in [1.82, 2.24) is 20.2 Å². The highest BCUT2D eigenvalue weighted by atomic mass is 32.1. The number of aromatic nitrogens is 4. The van der Waals surface area contributed by atoms with Crippen molar-refractivity contribution in [2.45, 2.75) is 33.6 Å². The highest BCUT2D eigenvalue weighted by Crippen LogP contribution is 2.35. The van der Waals surface area contributed by atoms with E-state index in [2.05, 4.69) is 44.2 Å². The normalized spacial score (nSPS) is 15.6. The molecule has 1 amide bonds. The molecule has 1 aliphatic heterocycles. The van der Waals surface area contributed by atoms with E-state index in [-0.39, 0.29) is 11.8 Å². The molecule has 0 radical (unpaired) electrons. The third-order valence-corrected chi connectivity index (χ3v) is 6.18. The number of nitrogens with zero attached hydrogens (tertiary/aromatic N) is 4. The first-order valence-corrected chi connectivity index (χ1v) is 9.63. The fraction of sp³-hybridized carbons (Fsp3) is 0.444. The third-order valence-electron chi connectivity index (χ3n) is 5.07. The molecule has 0 bridgehead atoms. The van der Waals surface area contributed by atoms with Gasteiger partial charge in [-0.2, -0.15) is 5.10 Å². The van der Waals surface area contributed by atoms with E-state index in [1.165, 1.54) is 10.4 Å². The first-order valence-electron chi connectivity index (χ1n) is 8.81. The standard InChI is InChI=1S/C18H22N6OS/c1-10-8-14(23-22-10)21-17(25)13-4-6-24(7-5-13)16-15-11(2)12(3)26-18(15)20-9-19-16/h8-9,13H,4-7H2,1-3H3,(H2,21,22,23,25). The predicted octanol–water partition coefficient (Wildman–Crippen LogP) is 3.19. The van der Waals surface area contributed by atoms with Crippen LogP contribution in [0.4, 0.5) is 11.6 Å². The van der Waals surface area contributed by atoms with E-state index in [1.54, 1.807) is 17.7 Å². The highest BCUT2D eigenvalue weighted by Gasteiger charge is 2.27. The maximum atomic E-state index is 12.5. The summed E-state index contributed by atoms with van der Waals surface area (Å²) in [6, 6.07) is 1.84. The molecule has 0 aliphatic carbocycles. The Hall–Kier alpha value is -2.48. The summed E-state index contributed by atoms with van der Waals surface area (Å²) in [5.41, 5.74) is 2.19. The van der Waals surface area contributed by atoms with Gasteiger partial charge in [-0.25, -0.2) is 9.97 Å². The van der Waals surface area contributed by atoms with Crippen LogP contribution in [0.25, 0.3) is 10.2 Å². The van der Waals surface area contributed by atoms with Crippen molar-refractivity contribution in [3.8, 4) is 0 Å². The molecule has 0 unspecified atom stereocenters. The van der Waals surface area contributed by atoms with Crippen molar-refractivity contribution in [2.75, 3.05) is 23.3 Å². The number of aromatic amines is 1. The van der Waals surface area contributed by atoms with Gasteiger partial charge in [0.2, 0.25) is 5.91 Å².